The van der Waals surface area contributed by atoms with Gasteiger partial charge in [-0.05, 0) is 25.4 Å². The maximum atomic E-state index is 5.29. The Morgan fingerprint density at radius 3 is 3.00 bits per heavy atom. The van der Waals surface area contributed by atoms with Crippen molar-refractivity contribution in [1.29, 1.82) is 0 Å². The van der Waals surface area contributed by atoms with Crippen molar-refractivity contribution >= 4 is 11.6 Å². The first kappa shape index (κ1) is 12.1. The van der Waals surface area contributed by atoms with Crippen LogP contribution in [0.1, 0.15) is 13.3 Å². The lowest BCUT2D eigenvalue weighted by Crippen LogP contribution is -2.22. The fraction of sp³-hybridized carbons (Fsp3) is 0.636. The molecule has 6 nitrogen and oxygen atoms in total. The van der Waals surface area contributed by atoms with Crippen molar-refractivity contribution in [2.75, 3.05) is 36.9 Å². The van der Waals surface area contributed by atoms with E-state index in [0.717, 1.165) is 18.9 Å². The summed E-state index contributed by atoms with van der Waals surface area (Å²) >= 11 is 0. The highest BCUT2D eigenvalue weighted by molar-refractivity contribution is 5.40. The van der Waals surface area contributed by atoms with E-state index in [2.05, 4.69) is 32.5 Å². The molecule has 1 saturated heterocycles. The summed E-state index contributed by atoms with van der Waals surface area (Å²) < 4.78 is 0. The molecule has 0 bridgehead atoms. The van der Waals surface area contributed by atoms with E-state index in [-0.39, 0.29) is 0 Å². The summed E-state index contributed by atoms with van der Waals surface area (Å²) in [5, 5.41) is 3.31. The van der Waals surface area contributed by atoms with Gasteiger partial charge in [0.1, 0.15) is 5.82 Å². The van der Waals surface area contributed by atoms with E-state index in [1.165, 1.54) is 19.5 Å². The lowest BCUT2D eigenvalue weighted by Gasteiger charge is -2.14. The van der Waals surface area contributed by atoms with Crippen molar-refractivity contribution in [2.24, 2.45) is 11.8 Å². The minimum Gasteiger partial charge on any atom is -0.368 e. The van der Waals surface area contributed by atoms with Gasteiger partial charge < -0.3 is 15.6 Å². The first-order chi connectivity index (χ1) is 8.31. The summed E-state index contributed by atoms with van der Waals surface area (Å²) in [5.41, 5.74) is 2.49. The highest BCUT2D eigenvalue weighted by atomic mass is 15.3. The zero-order valence-electron chi connectivity index (χ0n) is 10.2. The van der Waals surface area contributed by atoms with Gasteiger partial charge in [-0.15, -0.1) is 0 Å². The van der Waals surface area contributed by atoms with Crippen molar-refractivity contribution in [1.82, 2.24) is 14.9 Å². The van der Waals surface area contributed by atoms with E-state index in [1.54, 1.807) is 12.4 Å². The second-order valence-corrected chi connectivity index (χ2v) is 4.36. The topological polar surface area (TPSA) is 79.1 Å². The zero-order chi connectivity index (χ0) is 12.1. The molecule has 6 heteroatoms. The van der Waals surface area contributed by atoms with Crippen LogP contribution in [0.3, 0.4) is 0 Å². The minimum absolute atomic E-state index is 0.580. The van der Waals surface area contributed by atoms with Crippen molar-refractivity contribution in [2.45, 2.75) is 13.3 Å². The average Bonchev–Trinajstić information content (AvgIpc) is 2.84. The predicted octanol–water partition coefficient (Wildman–Crippen LogP) is 0.516. The molecule has 1 atom stereocenters. The molecule has 17 heavy (non-hydrogen) atoms. The lowest BCUT2D eigenvalue weighted by atomic mass is 10.1. The number of hydrogen-bond acceptors (Lipinski definition) is 6. The Bertz CT molecular complexity index is 356. The molecule has 1 fully saturated rings. The number of hydrazine groups is 1. The van der Waals surface area contributed by atoms with Gasteiger partial charge in [-0.3, -0.25) is 4.98 Å². The first-order valence-corrected chi connectivity index (χ1v) is 6.06. The van der Waals surface area contributed by atoms with Crippen molar-refractivity contribution in [3.05, 3.63) is 12.4 Å². The Kier molecular flexibility index (Phi) is 4.11. The van der Waals surface area contributed by atoms with Gasteiger partial charge in [0.25, 0.3) is 0 Å². The lowest BCUT2D eigenvalue weighted by molar-refractivity contribution is 0.345. The van der Waals surface area contributed by atoms with Gasteiger partial charge in [-0.2, -0.15) is 0 Å². The molecule has 0 saturated carbocycles. The number of nitrogens with zero attached hydrogens (tertiary/aromatic N) is 3. The summed E-state index contributed by atoms with van der Waals surface area (Å²) in [6.07, 6.45) is 4.57. The van der Waals surface area contributed by atoms with Crippen LogP contribution in [-0.2, 0) is 0 Å². The molecular formula is C11H20N6. The smallest absolute Gasteiger partial charge is 0.160 e. The molecule has 4 N–H and O–H groups in total. The number of nitrogens with one attached hydrogen (secondary N) is 2. The number of likely N-dealkylation sites (tertiary alicyclic amines) is 1. The molecule has 1 aromatic rings. The SMILES string of the molecule is CCN1CCC(CNc2cncc(NN)n2)C1. The van der Waals surface area contributed by atoms with Gasteiger partial charge in [0.15, 0.2) is 5.82 Å². The van der Waals surface area contributed by atoms with Gasteiger partial charge in [0.05, 0.1) is 12.4 Å². The quantitative estimate of drug-likeness (QED) is 0.511. The van der Waals surface area contributed by atoms with E-state index < -0.39 is 0 Å². The third-order valence-corrected chi connectivity index (χ3v) is 3.17. The molecule has 0 amide bonds. The van der Waals surface area contributed by atoms with E-state index in [9.17, 15) is 0 Å². The van der Waals surface area contributed by atoms with Crippen LogP contribution < -0.4 is 16.6 Å². The molecule has 94 valence electrons. The Balaban J connectivity index is 1.81. The highest BCUT2D eigenvalue weighted by Crippen LogP contribution is 2.16. The third-order valence-electron chi connectivity index (χ3n) is 3.17. The monoisotopic (exact) mass is 236 g/mol. The van der Waals surface area contributed by atoms with Gasteiger partial charge in [-0.25, -0.2) is 10.8 Å². The molecule has 0 spiro atoms. The second kappa shape index (κ2) is 5.79. The summed E-state index contributed by atoms with van der Waals surface area (Å²) in [7, 11) is 0. The molecule has 0 aromatic carbocycles. The van der Waals surface area contributed by atoms with Crippen molar-refractivity contribution in [3.63, 3.8) is 0 Å². The summed E-state index contributed by atoms with van der Waals surface area (Å²) in [6, 6.07) is 0. The molecule has 1 aliphatic heterocycles. The first-order valence-electron chi connectivity index (χ1n) is 6.06. The zero-order valence-corrected chi connectivity index (χ0v) is 10.2. The molecule has 0 aliphatic carbocycles. The molecular weight excluding hydrogens is 216 g/mol. The van der Waals surface area contributed by atoms with E-state index in [0.29, 0.717) is 11.7 Å². The van der Waals surface area contributed by atoms with Crippen LogP contribution in [0, 0.1) is 5.92 Å². The van der Waals surface area contributed by atoms with Crippen molar-refractivity contribution in [3.8, 4) is 0 Å². The van der Waals surface area contributed by atoms with Crippen LogP contribution in [0.25, 0.3) is 0 Å². The fourth-order valence-electron chi connectivity index (χ4n) is 2.14. The predicted molar refractivity (Wildman–Crippen MR) is 68.6 cm³/mol. The Labute approximate surface area is 102 Å². The molecule has 2 heterocycles. The van der Waals surface area contributed by atoms with E-state index >= 15 is 0 Å². The summed E-state index contributed by atoms with van der Waals surface area (Å²) in [6.45, 7) is 6.67. The molecule has 1 aromatic heterocycles. The van der Waals surface area contributed by atoms with E-state index in [1.807, 2.05) is 0 Å². The summed E-state index contributed by atoms with van der Waals surface area (Å²) in [5.74, 6) is 7.34. The van der Waals surface area contributed by atoms with Crippen LogP contribution in [0.4, 0.5) is 11.6 Å². The number of nitrogens with two attached hydrogens (primary N) is 1. The average molecular weight is 236 g/mol. The number of aromatic nitrogens is 2. The maximum absolute atomic E-state index is 5.29. The largest absolute Gasteiger partial charge is 0.368 e. The molecule has 2 rings (SSSR count). The molecule has 1 unspecified atom stereocenters. The minimum atomic E-state index is 0.580. The van der Waals surface area contributed by atoms with Crippen LogP contribution in [0.5, 0.6) is 0 Å². The van der Waals surface area contributed by atoms with Gasteiger partial charge in [0.2, 0.25) is 0 Å². The van der Waals surface area contributed by atoms with Gasteiger partial charge in [-0.1, -0.05) is 6.92 Å². The van der Waals surface area contributed by atoms with E-state index in [4.69, 9.17) is 5.84 Å². The highest BCUT2D eigenvalue weighted by Gasteiger charge is 2.20. The van der Waals surface area contributed by atoms with Crippen LogP contribution in [-0.4, -0.2) is 41.0 Å². The Hall–Kier alpha value is -1.40. The maximum Gasteiger partial charge on any atom is 0.160 e. The van der Waals surface area contributed by atoms with Crippen LogP contribution in [0.15, 0.2) is 12.4 Å². The van der Waals surface area contributed by atoms with Crippen LogP contribution >= 0.6 is 0 Å². The second-order valence-electron chi connectivity index (χ2n) is 4.36. The Morgan fingerprint density at radius 2 is 2.29 bits per heavy atom. The Morgan fingerprint density at radius 1 is 1.47 bits per heavy atom. The number of anilines is 2. The number of hydrogen-bond donors (Lipinski definition) is 3. The van der Waals surface area contributed by atoms with Gasteiger partial charge in [0, 0.05) is 13.1 Å². The molecule has 0 radical (unpaired) electrons. The fourth-order valence-corrected chi connectivity index (χ4v) is 2.14. The van der Waals surface area contributed by atoms with Crippen LogP contribution in [0.2, 0.25) is 0 Å². The molecule has 1 aliphatic rings. The normalized spacial score (nSPS) is 20.5. The number of rotatable bonds is 5. The van der Waals surface area contributed by atoms with Crippen molar-refractivity contribution < 1.29 is 0 Å². The summed E-state index contributed by atoms with van der Waals surface area (Å²) in [4.78, 5) is 10.8. The standard InChI is InChI=1S/C11H20N6/c1-2-17-4-3-9(8-17)5-14-10-6-13-7-11(15-10)16-12/h6-7,9H,2-5,8,12H2,1H3,(H2,14,15,16). The van der Waals surface area contributed by atoms with Gasteiger partial charge >= 0.3 is 0 Å². The number of nitrogen functional groups attached to an aromatic ring is 1. The third kappa shape index (κ3) is 3.28.